The molecule has 114 valence electrons. The van der Waals surface area contributed by atoms with E-state index in [0.717, 1.165) is 0 Å². The predicted molar refractivity (Wildman–Crippen MR) is 82.4 cm³/mol. The Kier molecular flexibility index (Phi) is 6.87. The van der Waals surface area contributed by atoms with Crippen molar-refractivity contribution in [3.05, 3.63) is 16.7 Å². The van der Waals surface area contributed by atoms with Crippen LogP contribution in [-0.2, 0) is 14.8 Å². The van der Waals surface area contributed by atoms with Crippen molar-refractivity contribution >= 4 is 31.8 Å². The zero-order valence-electron chi connectivity index (χ0n) is 11.8. The third kappa shape index (κ3) is 5.35. The van der Waals surface area contributed by atoms with Gasteiger partial charge in [-0.05, 0) is 42.8 Å². The van der Waals surface area contributed by atoms with Gasteiger partial charge in [0, 0.05) is 23.8 Å². The minimum absolute atomic E-state index is 0.0735. The molecule has 0 atom stereocenters. The SMILES string of the molecule is CCNc1ncc(Br)cc1S(=O)(=O)NCCOC(C)C. The van der Waals surface area contributed by atoms with E-state index < -0.39 is 10.0 Å². The molecule has 1 aromatic heterocycles. The van der Waals surface area contributed by atoms with Crippen molar-refractivity contribution in [3.8, 4) is 0 Å². The van der Waals surface area contributed by atoms with Crippen molar-refractivity contribution in [1.82, 2.24) is 9.71 Å². The van der Waals surface area contributed by atoms with Crippen LogP contribution in [0.1, 0.15) is 20.8 Å². The summed E-state index contributed by atoms with van der Waals surface area (Å²) in [6.07, 6.45) is 1.63. The topological polar surface area (TPSA) is 80.3 Å². The fraction of sp³-hybridized carbons (Fsp3) is 0.583. The van der Waals surface area contributed by atoms with E-state index in [4.69, 9.17) is 4.74 Å². The molecule has 1 heterocycles. The van der Waals surface area contributed by atoms with Gasteiger partial charge in [-0.1, -0.05) is 0 Å². The molecule has 0 aliphatic heterocycles. The second kappa shape index (κ2) is 7.92. The Hall–Kier alpha value is -0.700. The first-order chi connectivity index (χ1) is 9.36. The van der Waals surface area contributed by atoms with Gasteiger partial charge in [-0.15, -0.1) is 0 Å². The van der Waals surface area contributed by atoms with E-state index in [1.54, 1.807) is 6.20 Å². The monoisotopic (exact) mass is 365 g/mol. The fourth-order valence-corrected chi connectivity index (χ4v) is 3.13. The van der Waals surface area contributed by atoms with E-state index >= 15 is 0 Å². The van der Waals surface area contributed by atoms with Crippen LogP contribution >= 0.6 is 15.9 Å². The number of aromatic nitrogens is 1. The Labute approximate surface area is 128 Å². The summed E-state index contributed by atoms with van der Waals surface area (Å²) in [5.74, 6) is 0.341. The number of nitrogens with zero attached hydrogens (tertiary/aromatic N) is 1. The largest absolute Gasteiger partial charge is 0.377 e. The van der Waals surface area contributed by atoms with Gasteiger partial charge in [-0.25, -0.2) is 18.1 Å². The van der Waals surface area contributed by atoms with Crippen molar-refractivity contribution in [3.63, 3.8) is 0 Å². The highest BCUT2D eigenvalue weighted by Crippen LogP contribution is 2.22. The number of halogens is 1. The number of ether oxygens (including phenoxy) is 1. The molecular weight excluding hydrogens is 346 g/mol. The summed E-state index contributed by atoms with van der Waals surface area (Å²) in [6.45, 7) is 6.82. The molecule has 0 saturated heterocycles. The smallest absolute Gasteiger partial charge is 0.244 e. The maximum absolute atomic E-state index is 12.3. The lowest BCUT2D eigenvalue weighted by Crippen LogP contribution is -2.29. The number of rotatable bonds is 8. The molecule has 0 spiro atoms. The minimum Gasteiger partial charge on any atom is -0.377 e. The minimum atomic E-state index is -3.62. The lowest BCUT2D eigenvalue weighted by Gasteiger charge is -2.12. The zero-order chi connectivity index (χ0) is 15.2. The summed E-state index contributed by atoms with van der Waals surface area (Å²) >= 11 is 3.23. The third-order valence-corrected chi connectivity index (χ3v) is 4.21. The van der Waals surface area contributed by atoms with Gasteiger partial charge in [0.25, 0.3) is 0 Å². The first kappa shape index (κ1) is 17.4. The molecule has 2 N–H and O–H groups in total. The second-order valence-electron chi connectivity index (χ2n) is 4.35. The number of nitrogens with one attached hydrogen (secondary N) is 2. The van der Waals surface area contributed by atoms with E-state index in [9.17, 15) is 8.42 Å². The summed E-state index contributed by atoms with van der Waals surface area (Å²) < 4.78 is 32.9. The average molecular weight is 366 g/mol. The molecule has 0 aromatic carbocycles. The Morgan fingerprint density at radius 1 is 1.45 bits per heavy atom. The Bertz CT molecular complexity index is 535. The summed E-state index contributed by atoms with van der Waals surface area (Å²) in [5.41, 5.74) is 0. The summed E-state index contributed by atoms with van der Waals surface area (Å²) in [6, 6.07) is 1.52. The standard InChI is InChI=1S/C12H20BrN3O3S/c1-4-14-12-11(7-10(13)8-15-12)20(17,18)16-5-6-19-9(2)3/h7-9,16H,4-6H2,1-3H3,(H,14,15). The van der Waals surface area contributed by atoms with Gasteiger partial charge < -0.3 is 10.1 Å². The number of hydrogen-bond acceptors (Lipinski definition) is 5. The highest BCUT2D eigenvalue weighted by Gasteiger charge is 2.19. The van der Waals surface area contributed by atoms with E-state index in [1.165, 1.54) is 6.07 Å². The number of pyridine rings is 1. The van der Waals surface area contributed by atoms with Crippen molar-refractivity contribution < 1.29 is 13.2 Å². The summed E-state index contributed by atoms with van der Waals surface area (Å²) in [4.78, 5) is 4.21. The molecule has 0 unspecified atom stereocenters. The van der Waals surface area contributed by atoms with Gasteiger partial charge in [-0.3, -0.25) is 0 Å². The summed E-state index contributed by atoms with van der Waals surface area (Å²) in [7, 11) is -3.62. The normalized spacial score (nSPS) is 11.8. The lowest BCUT2D eigenvalue weighted by atomic mass is 10.4. The van der Waals surface area contributed by atoms with Crippen LogP contribution in [-0.4, -0.2) is 39.2 Å². The van der Waals surface area contributed by atoms with Crippen LogP contribution in [0.4, 0.5) is 5.82 Å². The van der Waals surface area contributed by atoms with E-state index in [1.807, 2.05) is 20.8 Å². The molecule has 20 heavy (non-hydrogen) atoms. The molecule has 0 radical (unpaired) electrons. The highest BCUT2D eigenvalue weighted by molar-refractivity contribution is 9.10. The zero-order valence-corrected chi connectivity index (χ0v) is 14.2. The van der Waals surface area contributed by atoms with E-state index in [-0.39, 0.29) is 17.5 Å². The second-order valence-corrected chi connectivity index (χ2v) is 7.00. The van der Waals surface area contributed by atoms with Crippen LogP contribution in [0.3, 0.4) is 0 Å². The van der Waals surface area contributed by atoms with Gasteiger partial charge in [-0.2, -0.15) is 0 Å². The fourth-order valence-electron chi connectivity index (χ4n) is 1.47. The average Bonchev–Trinajstić information content (AvgIpc) is 2.37. The van der Waals surface area contributed by atoms with E-state index in [2.05, 4.69) is 31.0 Å². The van der Waals surface area contributed by atoms with Gasteiger partial charge in [0.05, 0.1) is 12.7 Å². The van der Waals surface area contributed by atoms with Crippen LogP contribution < -0.4 is 10.0 Å². The maximum Gasteiger partial charge on any atom is 0.244 e. The molecule has 0 aliphatic carbocycles. The van der Waals surface area contributed by atoms with Gasteiger partial charge in [0.2, 0.25) is 10.0 Å². The first-order valence-corrected chi connectivity index (χ1v) is 8.65. The van der Waals surface area contributed by atoms with Crippen molar-refractivity contribution in [2.75, 3.05) is 25.0 Å². The molecule has 6 nitrogen and oxygen atoms in total. The quantitative estimate of drug-likeness (QED) is 0.688. The van der Waals surface area contributed by atoms with Crippen molar-refractivity contribution in [2.24, 2.45) is 0 Å². The van der Waals surface area contributed by atoms with Crippen molar-refractivity contribution in [1.29, 1.82) is 0 Å². The Balaban J connectivity index is 2.83. The summed E-state index contributed by atoms with van der Waals surface area (Å²) in [5, 5.41) is 2.94. The highest BCUT2D eigenvalue weighted by atomic mass is 79.9. The van der Waals surface area contributed by atoms with Gasteiger partial charge in [0.15, 0.2) is 0 Å². The molecule has 0 aliphatic rings. The molecule has 0 amide bonds. The van der Waals surface area contributed by atoms with Gasteiger partial charge >= 0.3 is 0 Å². The third-order valence-electron chi connectivity index (χ3n) is 2.30. The number of sulfonamides is 1. The Morgan fingerprint density at radius 3 is 2.75 bits per heavy atom. The van der Waals surface area contributed by atoms with Crippen LogP contribution in [0.5, 0.6) is 0 Å². The molecule has 1 rings (SSSR count). The maximum atomic E-state index is 12.3. The van der Waals surface area contributed by atoms with Crippen LogP contribution in [0.25, 0.3) is 0 Å². The molecular formula is C12H20BrN3O3S. The molecule has 0 saturated carbocycles. The van der Waals surface area contributed by atoms with Crippen LogP contribution in [0.2, 0.25) is 0 Å². The Morgan fingerprint density at radius 2 is 2.15 bits per heavy atom. The van der Waals surface area contributed by atoms with Crippen molar-refractivity contribution in [2.45, 2.75) is 31.8 Å². The predicted octanol–water partition coefficient (Wildman–Crippen LogP) is 1.98. The molecule has 8 heteroatoms. The van der Waals surface area contributed by atoms with Crippen LogP contribution in [0, 0.1) is 0 Å². The van der Waals surface area contributed by atoms with Crippen LogP contribution in [0.15, 0.2) is 21.6 Å². The van der Waals surface area contributed by atoms with E-state index in [0.29, 0.717) is 23.4 Å². The number of hydrogen-bond donors (Lipinski definition) is 2. The number of anilines is 1. The molecule has 0 fully saturated rings. The van der Waals surface area contributed by atoms with Gasteiger partial charge in [0.1, 0.15) is 10.7 Å². The lowest BCUT2D eigenvalue weighted by molar-refractivity contribution is 0.0834. The molecule has 0 bridgehead atoms. The molecule has 1 aromatic rings. The first-order valence-electron chi connectivity index (χ1n) is 6.37.